The molecule has 1 aliphatic carbocycles. The van der Waals surface area contributed by atoms with Crippen molar-refractivity contribution in [2.45, 2.75) is 23.8 Å². The zero-order valence-corrected chi connectivity index (χ0v) is 16.7. The van der Waals surface area contributed by atoms with Crippen molar-refractivity contribution in [2.75, 3.05) is 26.4 Å². The van der Waals surface area contributed by atoms with E-state index in [0.29, 0.717) is 16.2 Å². The van der Waals surface area contributed by atoms with Gasteiger partial charge in [0.25, 0.3) is 0 Å². The molecule has 26 heavy (non-hydrogen) atoms. The highest BCUT2D eigenvalue weighted by Crippen LogP contribution is 2.41. The quantitative estimate of drug-likeness (QED) is 0.717. The molecular weight excluding hydrogens is 402 g/mol. The molecule has 1 N–H and O–H groups in total. The lowest BCUT2D eigenvalue weighted by Crippen LogP contribution is -2.19. The molecule has 0 spiro atoms. The van der Waals surface area contributed by atoms with Crippen molar-refractivity contribution in [1.82, 2.24) is 9.47 Å². The number of nitrogens with zero attached hydrogens (tertiary/aromatic N) is 2. The summed E-state index contributed by atoms with van der Waals surface area (Å²) in [5.41, 5.74) is -0.638. The van der Waals surface area contributed by atoms with E-state index in [1.807, 2.05) is 19.0 Å². The Bertz CT molecular complexity index is 913. The fraction of sp³-hybridized carbons (Fsp3) is 0.412. The molecule has 3 rings (SSSR count). The van der Waals surface area contributed by atoms with Crippen molar-refractivity contribution in [3.63, 3.8) is 0 Å². The van der Waals surface area contributed by atoms with E-state index in [9.17, 15) is 19.1 Å². The second-order valence-electron chi connectivity index (χ2n) is 6.36. The van der Waals surface area contributed by atoms with E-state index >= 15 is 0 Å². The van der Waals surface area contributed by atoms with Crippen molar-refractivity contribution in [1.29, 1.82) is 0 Å². The fourth-order valence-electron chi connectivity index (χ4n) is 2.68. The number of pyridine rings is 1. The zero-order chi connectivity index (χ0) is 18.3. The van der Waals surface area contributed by atoms with E-state index in [1.54, 1.807) is 4.57 Å². The highest BCUT2D eigenvalue weighted by Gasteiger charge is 2.29. The molecule has 5 nitrogen and oxygen atoms in total. The van der Waals surface area contributed by atoms with Gasteiger partial charge >= 0.3 is 5.97 Å². The minimum absolute atomic E-state index is 0. The lowest BCUT2D eigenvalue weighted by molar-refractivity contribution is 0.0695. The summed E-state index contributed by atoms with van der Waals surface area (Å²) in [4.78, 5) is 26.1. The van der Waals surface area contributed by atoms with Crippen LogP contribution in [0, 0.1) is 5.82 Å². The second kappa shape index (κ2) is 8.17. The third kappa shape index (κ3) is 4.01. The first kappa shape index (κ1) is 21.0. The first-order valence-corrected chi connectivity index (χ1v) is 9.25. The first-order chi connectivity index (χ1) is 11.8. The van der Waals surface area contributed by atoms with Crippen molar-refractivity contribution in [3.05, 3.63) is 38.9 Å². The lowest BCUT2D eigenvalue weighted by Gasteiger charge is -2.16. The first-order valence-electron chi connectivity index (χ1n) is 7.89. The molecule has 1 aromatic heterocycles. The highest BCUT2D eigenvalue weighted by molar-refractivity contribution is 7.99. The Morgan fingerprint density at radius 2 is 2.12 bits per heavy atom. The summed E-state index contributed by atoms with van der Waals surface area (Å²) in [5.74, 6) is -1.26. The van der Waals surface area contributed by atoms with Gasteiger partial charge in [-0.25, -0.2) is 9.18 Å². The molecule has 1 saturated carbocycles. The highest BCUT2D eigenvalue weighted by atomic mass is 35.5. The van der Waals surface area contributed by atoms with Gasteiger partial charge in [0, 0.05) is 24.5 Å². The number of hydrogen-bond donors (Lipinski definition) is 1. The van der Waals surface area contributed by atoms with E-state index in [1.165, 1.54) is 18.0 Å². The van der Waals surface area contributed by atoms with Crippen LogP contribution in [-0.2, 0) is 0 Å². The summed E-state index contributed by atoms with van der Waals surface area (Å²) in [6, 6.07) is 1.22. The summed E-state index contributed by atoms with van der Waals surface area (Å²) in [7, 11) is 3.86. The van der Waals surface area contributed by atoms with Crippen LogP contribution in [0.2, 0.25) is 5.02 Å². The minimum atomic E-state index is -1.32. The molecule has 9 heteroatoms. The van der Waals surface area contributed by atoms with Crippen molar-refractivity contribution in [2.24, 2.45) is 0 Å². The number of carbonyl (C=O) groups is 1. The van der Waals surface area contributed by atoms with Gasteiger partial charge in [-0.1, -0.05) is 11.6 Å². The minimum Gasteiger partial charge on any atom is -0.477 e. The molecule has 0 saturated heterocycles. The number of rotatable bonds is 6. The fourth-order valence-corrected chi connectivity index (χ4v) is 4.21. The van der Waals surface area contributed by atoms with Crippen LogP contribution in [0.4, 0.5) is 4.39 Å². The smallest absolute Gasteiger partial charge is 0.341 e. The predicted octanol–water partition coefficient (Wildman–Crippen LogP) is 3.90. The molecule has 0 aliphatic heterocycles. The molecule has 1 aromatic carbocycles. The summed E-state index contributed by atoms with van der Waals surface area (Å²) in [5, 5.41) is 9.46. The van der Waals surface area contributed by atoms with E-state index < -0.39 is 17.2 Å². The topological polar surface area (TPSA) is 62.5 Å². The van der Waals surface area contributed by atoms with Gasteiger partial charge in [-0.05, 0) is 33.0 Å². The summed E-state index contributed by atoms with van der Waals surface area (Å²) in [6.07, 6.45) is 3.10. The monoisotopic (exact) mass is 420 g/mol. The van der Waals surface area contributed by atoms with Crippen LogP contribution in [0.15, 0.2) is 22.0 Å². The van der Waals surface area contributed by atoms with Gasteiger partial charge in [0.1, 0.15) is 11.4 Å². The van der Waals surface area contributed by atoms with Crippen molar-refractivity contribution in [3.8, 4) is 0 Å². The summed E-state index contributed by atoms with van der Waals surface area (Å²) in [6.45, 7) is 0.756. The second-order valence-corrected chi connectivity index (χ2v) is 7.85. The van der Waals surface area contributed by atoms with Gasteiger partial charge in [-0.2, -0.15) is 0 Å². The number of fused-ring (bicyclic) bond motifs is 1. The average Bonchev–Trinajstić information content (AvgIpc) is 3.35. The predicted molar refractivity (Wildman–Crippen MR) is 105 cm³/mol. The molecule has 2 aromatic rings. The lowest BCUT2D eigenvalue weighted by atomic mass is 10.1. The Balaban J connectivity index is 0.00000243. The van der Waals surface area contributed by atoms with Gasteiger partial charge in [0.05, 0.1) is 20.8 Å². The third-order valence-electron chi connectivity index (χ3n) is 4.12. The number of hydrogen-bond acceptors (Lipinski definition) is 4. The van der Waals surface area contributed by atoms with E-state index in [-0.39, 0.29) is 34.4 Å². The molecule has 142 valence electrons. The van der Waals surface area contributed by atoms with E-state index in [4.69, 9.17) is 11.6 Å². The van der Waals surface area contributed by atoms with Crippen LogP contribution in [-0.4, -0.2) is 46.9 Å². The third-order valence-corrected chi connectivity index (χ3v) is 5.68. The van der Waals surface area contributed by atoms with Crippen LogP contribution in [0.1, 0.15) is 29.2 Å². The molecule has 1 heterocycles. The number of thioether (sulfide) groups is 1. The van der Waals surface area contributed by atoms with E-state index in [0.717, 1.165) is 25.5 Å². The van der Waals surface area contributed by atoms with Crippen molar-refractivity contribution < 1.29 is 14.3 Å². The van der Waals surface area contributed by atoms with Gasteiger partial charge in [-0.3, -0.25) is 4.79 Å². The number of aromatic nitrogens is 1. The molecule has 0 amide bonds. The van der Waals surface area contributed by atoms with Crippen LogP contribution in [0.5, 0.6) is 0 Å². The number of carboxylic acids is 1. The largest absolute Gasteiger partial charge is 0.477 e. The molecule has 0 bridgehead atoms. The van der Waals surface area contributed by atoms with Gasteiger partial charge in [0.15, 0.2) is 0 Å². The Hall–Kier alpha value is -1.28. The normalized spacial score (nSPS) is 13.9. The molecule has 1 fully saturated rings. The number of carboxylic acid groups (broad SMARTS) is 1. The zero-order valence-electron chi connectivity index (χ0n) is 14.3. The SMILES string of the molecule is CN(C)CCSc1c(F)cc2c(=O)c(C(=O)O)cn(C3CC3)c2c1Cl.Cl. The van der Waals surface area contributed by atoms with Gasteiger partial charge < -0.3 is 14.6 Å². The summed E-state index contributed by atoms with van der Waals surface area (Å²) >= 11 is 7.76. The molecule has 0 radical (unpaired) electrons. The average molecular weight is 421 g/mol. The van der Waals surface area contributed by atoms with Crippen LogP contribution in [0.3, 0.4) is 0 Å². The van der Waals surface area contributed by atoms with Crippen LogP contribution < -0.4 is 5.43 Å². The molecule has 1 aliphatic rings. The molecule has 0 atom stereocenters. The maximum Gasteiger partial charge on any atom is 0.341 e. The van der Waals surface area contributed by atoms with Gasteiger partial charge in [0.2, 0.25) is 5.43 Å². The summed E-state index contributed by atoms with van der Waals surface area (Å²) < 4.78 is 16.3. The Kier molecular flexibility index (Phi) is 6.60. The van der Waals surface area contributed by atoms with E-state index in [2.05, 4.69) is 0 Å². The standard InChI is InChI=1S/C17H18ClFN2O3S.ClH/c1-20(2)5-6-25-16-12(19)7-10-14(13(16)18)21(9-3-4-9)8-11(15(10)22)17(23)24;/h7-9H,3-6H2,1-2H3,(H,23,24);1H. The van der Waals surface area contributed by atoms with Gasteiger partial charge in [-0.15, -0.1) is 24.2 Å². The number of aromatic carboxylic acids is 1. The Labute approximate surface area is 165 Å². The number of halogens is 3. The van der Waals surface area contributed by atoms with Crippen molar-refractivity contribution >= 4 is 52.6 Å². The number of benzene rings is 1. The Morgan fingerprint density at radius 3 is 2.65 bits per heavy atom. The van der Waals surface area contributed by atoms with Crippen LogP contribution >= 0.6 is 35.8 Å². The van der Waals surface area contributed by atoms with Crippen LogP contribution in [0.25, 0.3) is 10.9 Å². The molecular formula is C17H19Cl2FN2O3S. The maximum absolute atomic E-state index is 14.6. The maximum atomic E-state index is 14.6. The Morgan fingerprint density at radius 1 is 1.46 bits per heavy atom. The molecule has 0 unspecified atom stereocenters.